The summed E-state index contributed by atoms with van der Waals surface area (Å²) in [6.45, 7) is 0.995. The summed E-state index contributed by atoms with van der Waals surface area (Å²) in [6, 6.07) is 13.9. The molecule has 1 aromatic heterocycles. The fourth-order valence-electron chi connectivity index (χ4n) is 2.50. The number of hydrogen-bond acceptors (Lipinski definition) is 3. The third kappa shape index (κ3) is 2.43. The van der Waals surface area contributed by atoms with Crippen molar-refractivity contribution in [3.63, 3.8) is 0 Å². The number of imidazole rings is 1. The van der Waals surface area contributed by atoms with E-state index in [4.69, 9.17) is 21.9 Å². The van der Waals surface area contributed by atoms with Crippen LogP contribution in [0.5, 0.6) is 5.75 Å². The van der Waals surface area contributed by atoms with Crippen LogP contribution in [-0.4, -0.2) is 16.7 Å². The van der Waals surface area contributed by atoms with Crippen molar-refractivity contribution >= 4 is 11.0 Å². The predicted octanol–water partition coefficient (Wildman–Crippen LogP) is 2.80. The molecule has 4 heteroatoms. The second-order valence-electron chi connectivity index (χ2n) is 4.98. The van der Waals surface area contributed by atoms with Crippen molar-refractivity contribution < 1.29 is 4.74 Å². The molecule has 0 aliphatic rings. The van der Waals surface area contributed by atoms with E-state index in [0.29, 0.717) is 13.1 Å². The zero-order valence-corrected chi connectivity index (χ0v) is 12.4. The van der Waals surface area contributed by atoms with E-state index in [1.54, 1.807) is 7.11 Å². The molecule has 0 aliphatic carbocycles. The minimum atomic E-state index is 0.469. The van der Waals surface area contributed by atoms with Gasteiger partial charge in [-0.3, -0.25) is 0 Å². The van der Waals surface area contributed by atoms with Crippen molar-refractivity contribution in [2.75, 3.05) is 7.11 Å². The van der Waals surface area contributed by atoms with Gasteiger partial charge in [0.05, 0.1) is 24.7 Å². The molecule has 3 aromatic rings. The normalized spacial score (nSPS) is 10.6. The lowest BCUT2D eigenvalue weighted by atomic mass is 10.1. The molecule has 2 aromatic carbocycles. The van der Waals surface area contributed by atoms with Gasteiger partial charge in [-0.1, -0.05) is 30.2 Å². The Morgan fingerprint density at radius 1 is 1.23 bits per heavy atom. The van der Waals surface area contributed by atoms with E-state index in [9.17, 15) is 0 Å². The van der Waals surface area contributed by atoms with Crippen LogP contribution in [0.25, 0.3) is 22.4 Å². The first-order chi connectivity index (χ1) is 10.8. The quantitative estimate of drug-likeness (QED) is 0.752. The lowest BCUT2D eigenvalue weighted by Crippen LogP contribution is -2.00. The highest BCUT2D eigenvalue weighted by molar-refractivity contribution is 5.82. The van der Waals surface area contributed by atoms with Gasteiger partial charge >= 0.3 is 0 Å². The van der Waals surface area contributed by atoms with Crippen LogP contribution in [0.2, 0.25) is 0 Å². The number of ether oxygens (including phenoxy) is 1. The highest BCUT2D eigenvalue weighted by atomic mass is 16.5. The van der Waals surface area contributed by atoms with Gasteiger partial charge in [-0.05, 0) is 17.7 Å². The highest BCUT2D eigenvalue weighted by Gasteiger charge is 2.12. The van der Waals surface area contributed by atoms with Crippen molar-refractivity contribution in [3.05, 3.63) is 48.0 Å². The molecule has 0 saturated carbocycles. The minimum Gasteiger partial charge on any atom is -0.497 e. The van der Waals surface area contributed by atoms with E-state index in [-0.39, 0.29) is 0 Å². The predicted molar refractivity (Wildman–Crippen MR) is 88.4 cm³/mol. The van der Waals surface area contributed by atoms with Gasteiger partial charge in [0.15, 0.2) is 0 Å². The van der Waals surface area contributed by atoms with E-state index >= 15 is 0 Å². The Bertz CT molecular complexity index is 841. The topological polar surface area (TPSA) is 53.1 Å². The second kappa shape index (κ2) is 5.92. The van der Waals surface area contributed by atoms with Gasteiger partial charge in [-0.25, -0.2) is 4.98 Å². The summed E-state index contributed by atoms with van der Waals surface area (Å²) in [6.07, 6.45) is 5.52. The zero-order valence-electron chi connectivity index (χ0n) is 12.4. The zero-order chi connectivity index (χ0) is 15.5. The fraction of sp³-hybridized carbons (Fsp3) is 0.167. The molecule has 0 spiro atoms. The molecule has 0 bridgehead atoms. The molecule has 0 fully saturated rings. The Labute approximate surface area is 129 Å². The van der Waals surface area contributed by atoms with Gasteiger partial charge in [0, 0.05) is 18.2 Å². The van der Waals surface area contributed by atoms with E-state index in [1.165, 1.54) is 0 Å². The van der Waals surface area contributed by atoms with E-state index in [2.05, 4.69) is 5.92 Å². The van der Waals surface area contributed by atoms with Crippen LogP contribution >= 0.6 is 0 Å². The Balaban J connectivity index is 2.18. The van der Waals surface area contributed by atoms with Crippen molar-refractivity contribution in [1.29, 1.82) is 0 Å². The third-order valence-corrected chi connectivity index (χ3v) is 3.65. The van der Waals surface area contributed by atoms with Crippen LogP contribution < -0.4 is 10.5 Å². The maximum absolute atomic E-state index is 5.65. The van der Waals surface area contributed by atoms with Crippen molar-refractivity contribution in [3.8, 4) is 29.5 Å². The maximum Gasteiger partial charge on any atom is 0.141 e. The number of aromatic nitrogens is 2. The summed E-state index contributed by atoms with van der Waals surface area (Å²) in [5.74, 6) is 4.33. The van der Waals surface area contributed by atoms with Gasteiger partial charge in [-0.2, -0.15) is 0 Å². The SMILES string of the molecule is C#CCn1c(-c2ccc(CN)cc2)nc2cc(OC)ccc21. The first kappa shape index (κ1) is 14.2. The molecule has 0 amide bonds. The molecule has 2 N–H and O–H groups in total. The standard InChI is InChI=1S/C18H17N3O/c1-3-10-21-17-9-8-15(22-2)11-16(17)20-18(21)14-6-4-13(12-19)5-7-14/h1,4-9,11H,10,12,19H2,2H3. The average molecular weight is 291 g/mol. The molecule has 1 heterocycles. The summed E-state index contributed by atoms with van der Waals surface area (Å²) in [5, 5.41) is 0. The van der Waals surface area contributed by atoms with E-state index < -0.39 is 0 Å². The highest BCUT2D eigenvalue weighted by Crippen LogP contribution is 2.27. The first-order valence-electron chi connectivity index (χ1n) is 7.04. The molecule has 4 nitrogen and oxygen atoms in total. The smallest absolute Gasteiger partial charge is 0.141 e. The Kier molecular flexibility index (Phi) is 3.82. The Morgan fingerprint density at radius 3 is 2.64 bits per heavy atom. The first-order valence-corrected chi connectivity index (χ1v) is 7.04. The molecular weight excluding hydrogens is 274 g/mol. The monoisotopic (exact) mass is 291 g/mol. The molecule has 22 heavy (non-hydrogen) atoms. The number of methoxy groups -OCH3 is 1. The van der Waals surface area contributed by atoms with Crippen LogP contribution in [0.4, 0.5) is 0 Å². The Hall–Kier alpha value is -2.77. The lowest BCUT2D eigenvalue weighted by molar-refractivity contribution is 0.415. The van der Waals surface area contributed by atoms with Crippen molar-refractivity contribution in [2.45, 2.75) is 13.1 Å². The number of fused-ring (bicyclic) bond motifs is 1. The number of nitrogens with two attached hydrogens (primary N) is 1. The second-order valence-corrected chi connectivity index (χ2v) is 4.98. The van der Waals surface area contributed by atoms with Crippen LogP contribution in [-0.2, 0) is 13.1 Å². The summed E-state index contributed by atoms with van der Waals surface area (Å²) in [5.41, 5.74) is 9.62. The van der Waals surface area contributed by atoms with Crippen LogP contribution in [0.1, 0.15) is 5.56 Å². The van der Waals surface area contributed by atoms with E-state index in [0.717, 1.165) is 33.7 Å². The largest absolute Gasteiger partial charge is 0.497 e. The van der Waals surface area contributed by atoms with Gasteiger partial charge in [-0.15, -0.1) is 6.42 Å². The van der Waals surface area contributed by atoms with E-state index in [1.807, 2.05) is 47.0 Å². The van der Waals surface area contributed by atoms with Crippen LogP contribution in [0.3, 0.4) is 0 Å². The maximum atomic E-state index is 5.65. The van der Waals surface area contributed by atoms with Gasteiger partial charge in [0.2, 0.25) is 0 Å². The van der Waals surface area contributed by atoms with Gasteiger partial charge in [0.25, 0.3) is 0 Å². The molecule has 3 rings (SSSR count). The molecule has 0 aliphatic heterocycles. The number of hydrogen-bond donors (Lipinski definition) is 1. The fourth-order valence-corrected chi connectivity index (χ4v) is 2.50. The van der Waals surface area contributed by atoms with Gasteiger partial charge < -0.3 is 15.0 Å². The summed E-state index contributed by atoms with van der Waals surface area (Å²) < 4.78 is 7.30. The average Bonchev–Trinajstić information content (AvgIpc) is 2.93. The molecule has 110 valence electrons. The summed E-state index contributed by atoms with van der Waals surface area (Å²) in [4.78, 5) is 4.72. The van der Waals surface area contributed by atoms with Crippen molar-refractivity contribution in [2.24, 2.45) is 5.73 Å². The molecular formula is C18H17N3O. The Morgan fingerprint density at radius 2 is 2.00 bits per heavy atom. The van der Waals surface area contributed by atoms with Crippen LogP contribution in [0, 0.1) is 12.3 Å². The number of rotatable bonds is 4. The number of terminal acetylenes is 1. The minimum absolute atomic E-state index is 0.469. The molecule has 0 saturated heterocycles. The summed E-state index contributed by atoms with van der Waals surface area (Å²) >= 11 is 0. The molecule has 0 radical (unpaired) electrons. The number of benzene rings is 2. The number of nitrogens with zero attached hydrogens (tertiary/aromatic N) is 2. The van der Waals surface area contributed by atoms with Crippen molar-refractivity contribution in [1.82, 2.24) is 9.55 Å². The van der Waals surface area contributed by atoms with Gasteiger partial charge in [0.1, 0.15) is 11.6 Å². The third-order valence-electron chi connectivity index (χ3n) is 3.65. The molecule has 0 atom stereocenters. The molecule has 0 unspecified atom stereocenters. The lowest BCUT2D eigenvalue weighted by Gasteiger charge is -2.06. The van der Waals surface area contributed by atoms with Crippen LogP contribution in [0.15, 0.2) is 42.5 Å². The summed E-state index contributed by atoms with van der Waals surface area (Å²) in [7, 11) is 1.64.